The van der Waals surface area contributed by atoms with E-state index in [1.165, 1.54) is 43.4 Å². The van der Waals surface area contributed by atoms with Crippen LogP contribution in [0.15, 0.2) is 35.6 Å². The zero-order chi connectivity index (χ0) is 19.2. The van der Waals surface area contributed by atoms with Crippen molar-refractivity contribution in [3.63, 3.8) is 0 Å². The molecule has 1 aliphatic carbocycles. The molecule has 7 heteroatoms. The predicted molar refractivity (Wildman–Crippen MR) is 129 cm³/mol. The summed E-state index contributed by atoms with van der Waals surface area (Å²) in [5, 5.41) is 11.9. The molecular weight excluding hydrogens is 475 g/mol. The summed E-state index contributed by atoms with van der Waals surface area (Å²) in [4.78, 5) is 7.45. The van der Waals surface area contributed by atoms with Crippen LogP contribution in [0.4, 0.5) is 5.69 Å². The standard InChI is InChI=1S/C22H32N6.HI/c1-2-21-26-25-17-27(21)15-13-23-22(24-16-18-8-4-3-5-9-18)28-14-12-19-10-6-7-11-20(19)28;/h6-7,10-11,17-18H,2-5,8-9,12-16H2,1H3,(H,23,24);1H. The van der Waals surface area contributed by atoms with Crippen LogP contribution >= 0.6 is 24.0 Å². The van der Waals surface area contributed by atoms with Gasteiger partial charge in [0.15, 0.2) is 5.96 Å². The highest BCUT2D eigenvalue weighted by molar-refractivity contribution is 14.0. The molecule has 29 heavy (non-hydrogen) atoms. The smallest absolute Gasteiger partial charge is 0.198 e. The van der Waals surface area contributed by atoms with Gasteiger partial charge in [0, 0.05) is 38.3 Å². The third-order valence-electron chi connectivity index (χ3n) is 6.01. The maximum Gasteiger partial charge on any atom is 0.198 e. The molecular formula is C22H33IN6. The molecule has 0 saturated heterocycles. The first-order valence-electron chi connectivity index (χ1n) is 10.9. The zero-order valence-corrected chi connectivity index (χ0v) is 19.7. The highest BCUT2D eigenvalue weighted by Crippen LogP contribution is 2.28. The van der Waals surface area contributed by atoms with E-state index in [0.717, 1.165) is 56.7 Å². The molecule has 0 unspecified atom stereocenters. The number of benzene rings is 1. The predicted octanol–water partition coefficient (Wildman–Crippen LogP) is 4.05. The van der Waals surface area contributed by atoms with Gasteiger partial charge < -0.3 is 14.8 Å². The SMILES string of the molecule is CCc1nncn1CCNC(=NCC1CCCCC1)N1CCc2ccccc21.I. The Morgan fingerprint density at radius 1 is 1.21 bits per heavy atom. The van der Waals surface area contributed by atoms with Crippen LogP contribution < -0.4 is 10.2 Å². The van der Waals surface area contributed by atoms with Crippen molar-refractivity contribution in [2.45, 2.75) is 58.4 Å². The van der Waals surface area contributed by atoms with E-state index in [0.29, 0.717) is 0 Å². The van der Waals surface area contributed by atoms with E-state index in [9.17, 15) is 0 Å². The number of nitrogens with zero attached hydrogens (tertiary/aromatic N) is 5. The van der Waals surface area contributed by atoms with Gasteiger partial charge in [0.2, 0.25) is 0 Å². The lowest BCUT2D eigenvalue weighted by Gasteiger charge is -2.25. The van der Waals surface area contributed by atoms with Crippen LogP contribution in [0.5, 0.6) is 0 Å². The molecule has 0 spiro atoms. The number of guanidine groups is 1. The van der Waals surface area contributed by atoms with Gasteiger partial charge in [-0.1, -0.05) is 44.4 Å². The van der Waals surface area contributed by atoms with Crippen molar-refractivity contribution < 1.29 is 0 Å². The summed E-state index contributed by atoms with van der Waals surface area (Å²) in [7, 11) is 0. The second-order valence-corrected chi connectivity index (χ2v) is 7.92. The number of hydrogen-bond acceptors (Lipinski definition) is 3. The molecule has 2 aromatic rings. The number of halogens is 1. The summed E-state index contributed by atoms with van der Waals surface area (Å²) in [6.45, 7) is 5.74. The summed E-state index contributed by atoms with van der Waals surface area (Å²) >= 11 is 0. The lowest BCUT2D eigenvalue weighted by atomic mass is 9.89. The number of nitrogens with one attached hydrogen (secondary N) is 1. The molecule has 0 atom stereocenters. The van der Waals surface area contributed by atoms with E-state index in [4.69, 9.17) is 4.99 Å². The van der Waals surface area contributed by atoms with Gasteiger partial charge in [-0.05, 0) is 36.8 Å². The van der Waals surface area contributed by atoms with Crippen LogP contribution in [-0.2, 0) is 19.4 Å². The summed E-state index contributed by atoms with van der Waals surface area (Å²) in [6, 6.07) is 8.71. The maximum atomic E-state index is 5.08. The average molecular weight is 508 g/mol. The average Bonchev–Trinajstić information content (AvgIpc) is 3.38. The number of aromatic nitrogens is 3. The minimum Gasteiger partial charge on any atom is -0.354 e. The highest BCUT2D eigenvalue weighted by Gasteiger charge is 2.23. The van der Waals surface area contributed by atoms with Crippen molar-refractivity contribution in [1.29, 1.82) is 0 Å². The molecule has 1 fully saturated rings. The maximum absolute atomic E-state index is 5.08. The second-order valence-electron chi connectivity index (χ2n) is 7.92. The molecule has 4 rings (SSSR count). The monoisotopic (exact) mass is 508 g/mol. The molecule has 1 N–H and O–H groups in total. The third-order valence-corrected chi connectivity index (χ3v) is 6.01. The summed E-state index contributed by atoms with van der Waals surface area (Å²) in [6.07, 6.45) is 10.6. The van der Waals surface area contributed by atoms with Crippen LogP contribution in [0.25, 0.3) is 0 Å². The van der Waals surface area contributed by atoms with E-state index in [-0.39, 0.29) is 24.0 Å². The van der Waals surface area contributed by atoms with E-state index >= 15 is 0 Å². The quantitative estimate of drug-likeness (QED) is 0.364. The van der Waals surface area contributed by atoms with E-state index in [1.54, 1.807) is 0 Å². The van der Waals surface area contributed by atoms with Crippen molar-refractivity contribution in [1.82, 2.24) is 20.1 Å². The largest absolute Gasteiger partial charge is 0.354 e. The molecule has 158 valence electrons. The molecule has 0 radical (unpaired) electrons. The number of aliphatic imine (C=N–C) groups is 1. The Kier molecular flexibility index (Phi) is 8.32. The van der Waals surface area contributed by atoms with Gasteiger partial charge in [-0.3, -0.25) is 4.99 Å². The highest BCUT2D eigenvalue weighted by atomic mass is 127. The first-order valence-corrected chi connectivity index (χ1v) is 10.9. The lowest BCUT2D eigenvalue weighted by molar-refractivity contribution is 0.366. The van der Waals surface area contributed by atoms with Crippen LogP contribution in [0.1, 0.15) is 50.4 Å². The Labute approximate surface area is 191 Å². The fourth-order valence-electron chi connectivity index (χ4n) is 4.41. The number of hydrogen-bond donors (Lipinski definition) is 1. The normalized spacial score (nSPS) is 17.1. The summed E-state index contributed by atoms with van der Waals surface area (Å²) < 4.78 is 2.13. The Morgan fingerprint density at radius 2 is 2.03 bits per heavy atom. The van der Waals surface area contributed by atoms with Gasteiger partial charge in [-0.25, -0.2) is 0 Å². The minimum atomic E-state index is 0. The van der Waals surface area contributed by atoms with Crippen LogP contribution in [0.2, 0.25) is 0 Å². The van der Waals surface area contributed by atoms with Gasteiger partial charge >= 0.3 is 0 Å². The number of anilines is 1. The lowest BCUT2D eigenvalue weighted by Crippen LogP contribution is -2.42. The van der Waals surface area contributed by atoms with Crippen LogP contribution in [0.3, 0.4) is 0 Å². The Morgan fingerprint density at radius 3 is 2.86 bits per heavy atom. The zero-order valence-electron chi connectivity index (χ0n) is 17.4. The fraction of sp³-hybridized carbons (Fsp3) is 0.591. The van der Waals surface area contributed by atoms with Crippen LogP contribution in [-0.4, -0.2) is 40.4 Å². The van der Waals surface area contributed by atoms with Crippen molar-refractivity contribution >= 4 is 35.6 Å². The molecule has 1 saturated carbocycles. The molecule has 0 bridgehead atoms. The number of para-hydroxylation sites is 1. The van der Waals surface area contributed by atoms with Gasteiger partial charge in [0.25, 0.3) is 0 Å². The number of rotatable bonds is 6. The molecule has 2 heterocycles. The topological polar surface area (TPSA) is 58.3 Å². The minimum absolute atomic E-state index is 0. The number of fused-ring (bicyclic) bond motifs is 1. The molecule has 1 aromatic heterocycles. The Hall–Kier alpha value is -1.64. The van der Waals surface area contributed by atoms with Gasteiger partial charge in [-0.2, -0.15) is 0 Å². The van der Waals surface area contributed by atoms with E-state index in [2.05, 4.69) is 56.2 Å². The van der Waals surface area contributed by atoms with Crippen LogP contribution in [0, 0.1) is 5.92 Å². The van der Waals surface area contributed by atoms with Gasteiger partial charge in [0.1, 0.15) is 12.2 Å². The van der Waals surface area contributed by atoms with Gasteiger partial charge in [-0.15, -0.1) is 34.2 Å². The second kappa shape index (κ2) is 10.9. The Balaban J connectivity index is 0.00000240. The van der Waals surface area contributed by atoms with Crippen molar-refractivity contribution in [3.8, 4) is 0 Å². The van der Waals surface area contributed by atoms with Crippen molar-refractivity contribution in [2.75, 3.05) is 24.5 Å². The van der Waals surface area contributed by atoms with Gasteiger partial charge in [0.05, 0.1) is 0 Å². The summed E-state index contributed by atoms with van der Waals surface area (Å²) in [5.41, 5.74) is 2.72. The first kappa shape index (κ1) is 22.1. The van der Waals surface area contributed by atoms with Crippen molar-refractivity contribution in [2.24, 2.45) is 10.9 Å². The molecule has 6 nitrogen and oxygen atoms in total. The number of aryl methyl sites for hydroxylation is 1. The first-order chi connectivity index (χ1) is 13.8. The fourth-order valence-corrected chi connectivity index (χ4v) is 4.41. The van der Waals surface area contributed by atoms with Crippen molar-refractivity contribution in [3.05, 3.63) is 42.0 Å². The molecule has 2 aliphatic rings. The van der Waals surface area contributed by atoms with E-state index < -0.39 is 0 Å². The third kappa shape index (κ3) is 5.49. The van der Waals surface area contributed by atoms with E-state index in [1.807, 2.05) is 6.33 Å². The summed E-state index contributed by atoms with van der Waals surface area (Å²) in [5.74, 6) is 2.81. The molecule has 0 amide bonds. The molecule has 1 aliphatic heterocycles. The Bertz CT molecular complexity index is 796. The molecule has 1 aromatic carbocycles.